The van der Waals surface area contributed by atoms with Gasteiger partial charge in [0.15, 0.2) is 0 Å². The number of allylic oxidation sites excluding steroid dienone is 1. The fourth-order valence-electron chi connectivity index (χ4n) is 13.0. The van der Waals surface area contributed by atoms with Gasteiger partial charge in [0, 0.05) is 69.4 Å². The summed E-state index contributed by atoms with van der Waals surface area (Å²) in [6, 6.07) is 42.5. The summed E-state index contributed by atoms with van der Waals surface area (Å²) in [5.74, 6) is 3.44. The number of pyridine rings is 9. The maximum absolute atomic E-state index is 14.2. The van der Waals surface area contributed by atoms with Crippen LogP contribution < -0.4 is 52.8 Å². The fraction of sp³-hybridized carbons (Fsp3) is 0.359. The minimum absolute atomic E-state index is 0.0472. The molecule has 11 aromatic rings. The van der Waals surface area contributed by atoms with Gasteiger partial charge in [-0.15, -0.1) is 0 Å². The fourth-order valence-corrected chi connectivity index (χ4v) is 15.6. The van der Waals surface area contributed by atoms with Crippen LogP contribution in [0, 0.1) is 33.2 Å². The number of alkyl halides is 1. The number of aromatic nitrogens is 9. The van der Waals surface area contributed by atoms with E-state index in [0.717, 1.165) is 80.9 Å². The maximum Gasteiger partial charge on any atom is 0.416 e. The van der Waals surface area contributed by atoms with Crippen molar-refractivity contribution < 1.29 is 51.7 Å². The number of esters is 1. The van der Waals surface area contributed by atoms with Gasteiger partial charge in [-0.3, -0.25) is 24.1 Å². The number of nitrogens with one attached hydrogen (secondary N) is 4. The molecule has 774 valence electrons. The van der Waals surface area contributed by atoms with Crippen LogP contribution in [0.25, 0.3) is 11.3 Å². The van der Waals surface area contributed by atoms with E-state index in [1.807, 2.05) is 145 Å². The molecule has 27 nitrogen and oxygen atoms in total. The van der Waals surface area contributed by atoms with Crippen molar-refractivity contribution in [2.45, 2.75) is 191 Å². The van der Waals surface area contributed by atoms with Crippen molar-refractivity contribution in [3.8, 4) is 22.8 Å². The number of hydrogen-bond donors (Lipinski definition) is 7. The van der Waals surface area contributed by atoms with E-state index in [0.29, 0.717) is 101 Å². The third kappa shape index (κ3) is 39.2. The quantitative estimate of drug-likeness (QED) is 0.0196. The minimum atomic E-state index is -0.748. The standard InChI is InChI=1S/C22H17ClF2N2O3.C15H20ClNO2.C14H21N3O2.C10H12ClIN2O.C10H13ClN2O.C9H10ClIN2.C9H11ClN2.C5H4ClIN2.C5H5ClN2.C4H7Br/c1-29-13-7-6-12(19(8-13)30-2)10-27-11-18-20(22(27)28)14(23)9-17(26-18)21-15(24)4-3-5-16(21)25;1-14(2,3)19-13(18)9-8-15(4,5)10-6-7-11(16)17-12(9)10;1-13(2,3)19-12(18)17-8-14(4,5)9-6-7-10(15)16-11(9)17;1-10(2,3)9(15)14-8-6(12)4-5-7(11)13-8;1-10(2,3)9(14)13-8-6-4-5-7(11)12-8;1-6(2)5-12-9-7(11)3-4-8(10)13-9;1-9(2)5-11-8-6(9)3-4-7(10)12-8;6-4-2-1-3(7)5(8)9-4;6-4-2-1-3-5(7)8-4;1-4(2)3-5/h3-9H,10-11H2,1-2H3;6-7,9H,8H2,1-5H3;6-7H,8H2,1-5H3,(H2,15,16);4-5H,1-3H3,(H,13,14,15);4-6H,1-3H3,(H,12,13,14);3-4H,1,5H2,2H3,(H,12,13);3-4H,5H2,1-2H3,(H,11,12);1-2H,(H2,8,9);1-3H,(H2,7,8);1,3H2,2H3. The van der Waals surface area contributed by atoms with Crippen LogP contribution in [-0.2, 0) is 53.2 Å². The molecule has 0 radical (unpaired) electrons. The molecule has 144 heavy (non-hydrogen) atoms. The molecule has 1 unspecified atom stereocenters. The number of methoxy groups -OCH3 is 2. The average Bonchev–Trinajstić information content (AvgIpc) is 1.61. The van der Waals surface area contributed by atoms with Crippen molar-refractivity contribution in [2.75, 3.05) is 82.6 Å². The number of halogens is 14. The molecule has 2 aromatic carbocycles. The van der Waals surface area contributed by atoms with Gasteiger partial charge in [0.2, 0.25) is 11.8 Å². The van der Waals surface area contributed by atoms with Crippen LogP contribution in [0.2, 0.25) is 41.1 Å². The van der Waals surface area contributed by atoms with Gasteiger partial charge in [0.25, 0.3) is 5.91 Å². The molecule has 9 aromatic heterocycles. The highest BCUT2D eigenvalue weighted by Crippen LogP contribution is 2.47. The predicted molar refractivity (Wildman–Crippen MR) is 611 cm³/mol. The normalized spacial score (nSPS) is 13.8. The number of nitrogens with two attached hydrogens (primary N) is 3. The Kier molecular flexibility index (Phi) is 46.9. The second-order valence-corrected chi connectivity index (χ2v) is 45.9. The molecule has 41 heteroatoms. The summed E-state index contributed by atoms with van der Waals surface area (Å²) in [5, 5.41) is 16.0. The van der Waals surface area contributed by atoms with Gasteiger partial charge in [-0.25, -0.2) is 58.4 Å². The lowest BCUT2D eigenvalue weighted by Crippen LogP contribution is -2.38. The van der Waals surface area contributed by atoms with E-state index >= 15 is 0 Å². The van der Waals surface area contributed by atoms with Crippen molar-refractivity contribution in [2.24, 2.45) is 10.8 Å². The molecule has 3 aliphatic heterocycles. The SMILES string of the molecule is C=C(C)CBr.C=C(C)CNc1nc(Cl)ccc1I.CC(C)(C)C(=O)Nc1cccc(Cl)n1.CC(C)(C)C(=O)Nc1nc(Cl)ccc1I.CC(C)(C)OC(=O)C1CC(C)(C)c2ccc(Cl)nc21.CC(C)(C)OC(=O)N1CC(C)(C)c2ccc(N)nc21.CC1(C)CNc2nc(Cl)ccc21.COc1ccc(CN2Cc3nc(-c4c(F)cccc4F)cc(Cl)c3C2=O)c(OC)c1.Nc1cccc(Cl)n1.Nc1nc(Cl)ccc1I. The molecule has 0 fully saturated rings. The highest BCUT2D eigenvalue weighted by Gasteiger charge is 2.45. The van der Waals surface area contributed by atoms with Crippen LogP contribution in [0.1, 0.15) is 195 Å². The van der Waals surface area contributed by atoms with Crippen LogP contribution in [-0.4, -0.2) is 130 Å². The molecule has 0 spiro atoms. The number of rotatable bonds is 12. The number of nitrogens with zero attached hydrogens (tertiary/aromatic N) is 11. The third-order valence-corrected chi connectivity index (χ3v) is 25.6. The van der Waals surface area contributed by atoms with Gasteiger partial charge < -0.3 is 62.3 Å². The van der Waals surface area contributed by atoms with E-state index in [4.69, 9.17) is 129 Å². The zero-order chi connectivity index (χ0) is 108. The zero-order valence-corrected chi connectivity index (χ0v) is 98.1. The van der Waals surface area contributed by atoms with Gasteiger partial charge in [-0.2, -0.15) is 0 Å². The number of anilines is 8. The van der Waals surface area contributed by atoms with Crippen molar-refractivity contribution in [1.29, 1.82) is 0 Å². The topological polar surface area (TPSA) is 371 Å². The molecular weight excluding hydrogens is 2420 g/mol. The Hall–Kier alpha value is -9.13. The highest BCUT2D eigenvalue weighted by molar-refractivity contribution is 14.1. The Balaban J connectivity index is 0.000000252. The van der Waals surface area contributed by atoms with Crippen LogP contribution in [0.5, 0.6) is 11.5 Å². The average molecular weight is 2540 g/mol. The van der Waals surface area contributed by atoms with E-state index < -0.39 is 33.7 Å². The first kappa shape index (κ1) is 124. The van der Waals surface area contributed by atoms with Crippen molar-refractivity contribution in [3.05, 3.63) is 279 Å². The summed E-state index contributed by atoms with van der Waals surface area (Å²) in [6.45, 7) is 49.0. The molecule has 1 atom stereocenters. The van der Waals surface area contributed by atoms with Crippen LogP contribution in [0.3, 0.4) is 0 Å². The number of carbonyl (C=O) groups excluding carboxylic acids is 5. The maximum atomic E-state index is 14.2. The molecule has 4 aliphatic rings. The number of amides is 4. The zero-order valence-electron chi connectivity index (χ0n) is 84.0. The lowest BCUT2D eigenvalue weighted by atomic mass is 9.86. The van der Waals surface area contributed by atoms with E-state index in [1.165, 1.54) is 30.4 Å². The van der Waals surface area contributed by atoms with E-state index in [9.17, 15) is 32.8 Å². The number of nitrogen functional groups attached to an aromatic ring is 3. The summed E-state index contributed by atoms with van der Waals surface area (Å²) in [5.41, 5.74) is 22.0. The number of carbonyl (C=O) groups is 5. The molecular formula is C103H120BrCl8F2I3N18O9. The number of hydrogen-bond acceptors (Lipinski definition) is 23. The molecule has 0 saturated heterocycles. The summed E-state index contributed by atoms with van der Waals surface area (Å²) < 4.78 is 52.7. The Morgan fingerprint density at radius 2 is 1.04 bits per heavy atom. The lowest BCUT2D eigenvalue weighted by molar-refractivity contribution is -0.157. The molecule has 10 N–H and O–H groups in total. The van der Waals surface area contributed by atoms with E-state index in [-0.39, 0.29) is 86.9 Å². The minimum Gasteiger partial charge on any atom is -0.497 e. The van der Waals surface area contributed by atoms with Crippen LogP contribution in [0.15, 0.2) is 176 Å². The molecule has 15 rings (SSSR count). The summed E-state index contributed by atoms with van der Waals surface area (Å²) >= 11 is 55.8. The Bertz CT molecular complexity index is 6260. The third-order valence-electron chi connectivity index (χ3n) is 20.2. The molecule has 1 aliphatic carbocycles. The molecule has 12 heterocycles. The molecule has 4 amide bonds. The number of benzene rings is 2. The Morgan fingerprint density at radius 1 is 0.542 bits per heavy atom. The predicted octanol–water partition coefficient (Wildman–Crippen LogP) is 28.4. The first-order chi connectivity index (χ1) is 66.8. The summed E-state index contributed by atoms with van der Waals surface area (Å²) in [6.07, 6.45) is 0.336. The first-order valence-corrected chi connectivity index (χ1v) is 51.8. The van der Waals surface area contributed by atoms with Crippen molar-refractivity contribution in [3.63, 3.8) is 0 Å². The molecule has 0 bridgehead atoms. The van der Waals surface area contributed by atoms with Crippen molar-refractivity contribution >= 4 is 253 Å². The van der Waals surface area contributed by atoms with Gasteiger partial charge >= 0.3 is 12.1 Å². The number of fused-ring (bicyclic) bond motifs is 4. The summed E-state index contributed by atoms with van der Waals surface area (Å²) in [4.78, 5) is 101. The second kappa shape index (κ2) is 54.7. The second-order valence-electron chi connectivity index (χ2n) is 38.8. The van der Waals surface area contributed by atoms with Gasteiger partial charge in [-0.1, -0.05) is 253 Å². The first-order valence-electron chi connectivity index (χ1n) is 44.4. The molecule has 0 saturated carbocycles. The van der Waals surface area contributed by atoms with Crippen molar-refractivity contribution in [1.82, 2.24) is 49.8 Å². The number of ether oxygens (including phenoxy) is 4. The van der Waals surface area contributed by atoms with Gasteiger partial charge in [0.1, 0.15) is 123 Å². The van der Waals surface area contributed by atoms with E-state index in [1.54, 1.807) is 95.8 Å². The van der Waals surface area contributed by atoms with Gasteiger partial charge in [0.05, 0.1) is 71.3 Å². The lowest BCUT2D eigenvalue weighted by Gasteiger charge is -2.25. The largest absolute Gasteiger partial charge is 0.497 e. The Morgan fingerprint density at radius 3 is 1.56 bits per heavy atom. The highest BCUT2D eigenvalue weighted by atomic mass is 127. The van der Waals surface area contributed by atoms with Crippen LogP contribution in [0.4, 0.5) is 60.1 Å². The Labute approximate surface area is 931 Å². The van der Waals surface area contributed by atoms with E-state index in [2.05, 4.69) is 205 Å². The smallest absolute Gasteiger partial charge is 0.416 e. The monoisotopic (exact) mass is 2530 g/mol. The summed E-state index contributed by atoms with van der Waals surface area (Å²) in [7, 11) is 3.09. The van der Waals surface area contributed by atoms with Crippen LogP contribution >= 0.6 is 177 Å². The van der Waals surface area contributed by atoms with Gasteiger partial charge in [-0.05, 0) is 250 Å².